The van der Waals surface area contributed by atoms with Crippen LogP contribution in [0, 0.1) is 0 Å². The average molecular weight is 393 g/mol. The molecule has 0 aromatic heterocycles. The molecule has 0 saturated heterocycles. The lowest BCUT2D eigenvalue weighted by molar-refractivity contribution is -0.186. The van der Waals surface area contributed by atoms with E-state index in [9.17, 15) is 26.3 Å². The molecule has 0 aromatic rings. The van der Waals surface area contributed by atoms with Gasteiger partial charge in [-0.3, -0.25) is 0 Å². The first kappa shape index (κ1) is 15.1. The summed E-state index contributed by atoms with van der Waals surface area (Å²) in [6, 6.07) is 0. The molecule has 10 heteroatoms. The maximum atomic E-state index is 12.7. The maximum absolute atomic E-state index is 12.7. The minimum Gasteiger partial charge on any atom is -0.211 e. The smallest absolute Gasteiger partial charge is 0.211 e. The van der Waals surface area contributed by atoms with Crippen molar-refractivity contribution in [1.29, 1.82) is 0 Å². The van der Waals surface area contributed by atoms with Crippen LogP contribution in [0.2, 0.25) is 0 Å². The highest BCUT2D eigenvalue weighted by Gasteiger charge is 2.76. The summed E-state index contributed by atoms with van der Waals surface area (Å²) >= 11 is 11.3. The quantitative estimate of drug-likeness (QED) is 0.479. The monoisotopic (exact) mass is 390 g/mol. The first-order valence-electron chi connectivity index (χ1n) is 2.64. The fraction of sp³-hybridized carbons (Fsp3) is 1.00. The first-order chi connectivity index (χ1) is 5.75. The van der Waals surface area contributed by atoms with Crippen molar-refractivity contribution < 1.29 is 26.3 Å². The predicted molar refractivity (Wildman–Crippen MR) is 47.1 cm³/mol. The fourth-order valence-corrected chi connectivity index (χ4v) is 1.30. The van der Waals surface area contributed by atoms with E-state index in [1.54, 1.807) is 0 Å². The summed E-state index contributed by atoms with van der Waals surface area (Å²) < 4.78 is 70.6. The molecule has 0 radical (unpaired) electrons. The SMILES string of the molecule is FC(F)(Br)C(F)(Cl)C(F)(F)C(F)(Cl)Br. The van der Waals surface area contributed by atoms with Crippen molar-refractivity contribution in [3.8, 4) is 0 Å². The normalized spacial score (nSPS) is 22.7. The second kappa shape index (κ2) is 3.85. The summed E-state index contributed by atoms with van der Waals surface area (Å²) in [7, 11) is 0. The van der Waals surface area contributed by atoms with Gasteiger partial charge in [0.1, 0.15) is 0 Å². The van der Waals surface area contributed by atoms with Gasteiger partial charge in [-0.25, -0.2) is 8.78 Å². The lowest BCUT2D eigenvalue weighted by atomic mass is 10.2. The van der Waals surface area contributed by atoms with Crippen LogP contribution in [0.1, 0.15) is 0 Å². The van der Waals surface area contributed by atoms with Crippen molar-refractivity contribution in [3.63, 3.8) is 0 Å². The van der Waals surface area contributed by atoms with Gasteiger partial charge >= 0.3 is 19.9 Å². The van der Waals surface area contributed by atoms with Gasteiger partial charge < -0.3 is 0 Å². The van der Waals surface area contributed by atoms with Gasteiger partial charge in [-0.05, 0) is 31.9 Å². The minimum atomic E-state index is -5.36. The second-order valence-electron chi connectivity index (χ2n) is 2.14. The molecule has 0 fully saturated rings. The number of halogens is 10. The summed E-state index contributed by atoms with van der Waals surface area (Å²) in [5, 5.41) is -5.01. The zero-order valence-corrected chi connectivity index (χ0v) is 10.5. The Bertz CT molecular complexity index is 195. The molecule has 0 aliphatic heterocycles. The third-order valence-corrected chi connectivity index (χ3v) is 3.09. The molecule has 0 saturated carbocycles. The van der Waals surface area contributed by atoms with Crippen LogP contribution in [0.3, 0.4) is 0 Å². The van der Waals surface area contributed by atoms with Crippen LogP contribution in [-0.4, -0.2) is 19.9 Å². The molecule has 0 heterocycles. The van der Waals surface area contributed by atoms with Crippen LogP contribution in [0.4, 0.5) is 26.3 Å². The van der Waals surface area contributed by atoms with Crippen LogP contribution in [0.25, 0.3) is 0 Å². The molecule has 0 N–H and O–H groups in total. The van der Waals surface area contributed by atoms with E-state index in [0.29, 0.717) is 0 Å². The standard InChI is InChI=1S/C4Br2Cl2F6/c5-3(8,12)2(10,11)1(7,9)4(6,13)14. The highest BCUT2D eigenvalue weighted by molar-refractivity contribution is 9.10. The van der Waals surface area contributed by atoms with Gasteiger partial charge in [0.2, 0.25) is 0 Å². The van der Waals surface area contributed by atoms with Gasteiger partial charge in [-0.15, -0.1) is 0 Å². The van der Waals surface area contributed by atoms with Gasteiger partial charge in [0.15, 0.2) is 0 Å². The molecule has 14 heavy (non-hydrogen) atoms. The molecule has 2 atom stereocenters. The van der Waals surface area contributed by atoms with Gasteiger partial charge in [-0.2, -0.15) is 17.6 Å². The topological polar surface area (TPSA) is 0 Å². The Hall–Kier alpha value is 1.12. The third kappa shape index (κ3) is 2.44. The van der Waals surface area contributed by atoms with Crippen LogP contribution in [0.15, 0.2) is 0 Å². The van der Waals surface area contributed by atoms with Gasteiger partial charge in [0.25, 0.3) is 0 Å². The van der Waals surface area contributed by atoms with Crippen molar-refractivity contribution in [1.82, 2.24) is 0 Å². The largest absolute Gasteiger partial charge is 0.359 e. The molecular formula is C4Br2Cl2F6. The molecule has 0 aliphatic rings. The van der Waals surface area contributed by atoms with E-state index in [1.165, 1.54) is 31.9 Å². The Labute approximate surface area is 101 Å². The minimum absolute atomic E-state index is 1.26. The van der Waals surface area contributed by atoms with Crippen LogP contribution in [-0.2, 0) is 0 Å². The molecule has 86 valence electrons. The molecule has 0 nitrogen and oxygen atoms in total. The Morgan fingerprint density at radius 2 is 1.07 bits per heavy atom. The summed E-state index contributed by atoms with van der Waals surface area (Å²) in [6.07, 6.45) is 0. The molecule has 0 bridgehead atoms. The Morgan fingerprint density at radius 1 is 0.786 bits per heavy atom. The maximum Gasteiger partial charge on any atom is 0.359 e. The van der Waals surface area contributed by atoms with Gasteiger partial charge in [0, 0.05) is 0 Å². The number of rotatable bonds is 3. The Morgan fingerprint density at radius 3 is 1.14 bits per heavy atom. The summed E-state index contributed by atoms with van der Waals surface area (Å²) in [5.41, 5.74) is 0. The highest BCUT2D eigenvalue weighted by Crippen LogP contribution is 2.58. The van der Waals surface area contributed by atoms with Crippen molar-refractivity contribution >= 4 is 55.1 Å². The Balaban J connectivity index is 5.30. The molecule has 0 aromatic carbocycles. The lowest BCUT2D eigenvalue weighted by Crippen LogP contribution is -2.57. The molecular weight excluding hydrogens is 393 g/mol. The van der Waals surface area contributed by atoms with Crippen LogP contribution >= 0.6 is 55.1 Å². The van der Waals surface area contributed by atoms with Crippen molar-refractivity contribution in [3.05, 3.63) is 0 Å². The van der Waals surface area contributed by atoms with Gasteiger partial charge in [-0.1, -0.05) is 23.2 Å². The lowest BCUT2D eigenvalue weighted by Gasteiger charge is -2.34. The summed E-state index contributed by atoms with van der Waals surface area (Å²) in [6.45, 7) is 0. The summed E-state index contributed by atoms with van der Waals surface area (Å²) in [4.78, 5) is -4.86. The van der Waals surface area contributed by atoms with Crippen LogP contribution in [0.5, 0.6) is 0 Å². The summed E-state index contributed by atoms with van der Waals surface area (Å²) in [5.74, 6) is -5.36. The molecule has 0 aliphatic carbocycles. The van der Waals surface area contributed by atoms with E-state index in [1.807, 2.05) is 0 Å². The van der Waals surface area contributed by atoms with Crippen LogP contribution < -0.4 is 0 Å². The number of hydrogen-bond donors (Lipinski definition) is 0. The van der Waals surface area contributed by atoms with E-state index in [2.05, 4.69) is 23.2 Å². The van der Waals surface area contributed by atoms with Crippen molar-refractivity contribution in [2.75, 3.05) is 0 Å². The Kier molecular flexibility index (Phi) is 4.16. The zero-order valence-electron chi connectivity index (χ0n) is 5.78. The van der Waals surface area contributed by atoms with Gasteiger partial charge in [0.05, 0.1) is 0 Å². The van der Waals surface area contributed by atoms with E-state index < -0.39 is 19.9 Å². The number of alkyl halides is 10. The van der Waals surface area contributed by atoms with E-state index >= 15 is 0 Å². The van der Waals surface area contributed by atoms with Crippen molar-refractivity contribution in [2.45, 2.75) is 19.9 Å². The molecule has 0 spiro atoms. The fourth-order valence-electron chi connectivity index (χ4n) is 0.356. The second-order valence-corrected chi connectivity index (χ2v) is 5.73. The highest BCUT2D eigenvalue weighted by atomic mass is 79.9. The third-order valence-electron chi connectivity index (χ3n) is 1.11. The molecule has 0 amide bonds. The molecule has 0 rings (SSSR count). The average Bonchev–Trinajstić information content (AvgIpc) is 1.81. The molecule has 2 unspecified atom stereocenters. The van der Waals surface area contributed by atoms with E-state index in [0.717, 1.165) is 0 Å². The van der Waals surface area contributed by atoms with Crippen molar-refractivity contribution in [2.24, 2.45) is 0 Å². The predicted octanol–water partition coefficient (Wildman–Crippen LogP) is 4.77. The first-order valence-corrected chi connectivity index (χ1v) is 4.98. The van der Waals surface area contributed by atoms with E-state index in [-0.39, 0.29) is 0 Å². The number of hydrogen-bond acceptors (Lipinski definition) is 0. The zero-order chi connectivity index (χ0) is 12.0. The van der Waals surface area contributed by atoms with E-state index in [4.69, 9.17) is 0 Å².